The fraction of sp³-hybridized carbons (Fsp3) is 0.588. The first-order chi connectivity index (χ1) is 12.0. The Bertz CT molecular complexity index is 767. The summed E-state index contributed by atoms with van der Waals surface area (Å²) in [6.45, 7) is 4.63. The lowest BCUT2D eigenvalue weighted by atomic mass is 9.99. The van der Waals surface area contributed by atoms with Gasteiger partial charge in [0.1, 0.15) is 11.6 Å². The zero-order valence-electron chi connectivity index (χ0n) is 15.7. The minimum absolute atomic E-state index is 0. The molecule has 0 saturated carbocycles. The molecule has 1 atom stereocenters. The molecule has 0 spiro atoms. The maximum atomic E-state index is 6.07. The smallest absolute Gasteiger partial charge is 0.193 e. The van der Waals surface area contributed by atoms with E-state index in [1.165, 1.54) is 0 Å². The van der Waals surface area contributed by atoms with E-state index < -0.39 is 0 Å². The zero-order chi connectivity index (χ0) is 18.0. The van der Waals surface area contributed by atoms with Crippen LogP contribution in [-0.2, 0) is 26.6 Å². The minimum Gasteiger partial charge on any atom is -0.356 e. The van der Waals surface area contributed by atoms with Crippen molar-refractivity contribution in [3.8, 4) is 0 Å². The lowest BCUT2D eigenvalue weighted by Crippen LogP contribution is -2.42. The molecule has 0 saturated heterocycles. The summed E-state index contributed by atoms with van der Waals surface area (Å²) in [5.74, 6) is 3.55. The van der Waals surface area contributed by atoms with Crippen LogP contribution in [0, 0.1) is 12.8 Å². The van der Waals surface area contributed by atoms with Crippen LogP contribution in [0.25, 0.3) is 0 Å². The van der Waals surface area contributed by atoms with Crippen LogP contribution in [0.3, 0.4) is 0 Å². The van der Waals surface area contributed by atoms with Crippen LogP contribution in [0.1, 0.15) is 23.8 Å². The fourth-order valence-electron chi connectivity index (χ4n) is 3.36. The molecule has 26 heavy (non-hydrogen) atoms. The van der Waals surface area contributed by atoms with Crippen LogP contribution in [0.15, 0.2) is 17.3 Å². The van der Waals surface area contributed by atoms with Gasteiger partial charge in [-0.05, 0) is 25.3 Å². The van der Waals surface area contributed by atoms with Gasteiger partial charge in [0.05, 0.1) is 11.6 Å². The Morgan fingerprint density at radius 1 is 1.46 bits per heavy atom. The molecular formula is C17H27ClIN7. The summed E-state index contributed by atoms with van der Waals surface area (Å²) < 4.78 is 4.28. The molecule has 0 radical (unpaired) electrons. The summed E-state index contributed by atoms with van der Waals surface area (Å²) in [7, 11) is 5.87. The summed E-state index contributed by atoms with van der Waals surface area (Å²) in [5.41, 5.74) is 1.15. The average molecular weight is 492 g/mol. The van der Waals surface area contributed by atoms with Crippen LogP contribution in [-0.4, -0.2) is 50.8 Å². The van der Waals surface area contributed by atoms with E-state index in [2.05, 4.69) is 30.0 Å². The Kier molecular flexibility index (Phi) is 7.33. The first-order valence-electron chi connectivity index (χ1n) is 8.59. The number of fused-ring (bicyclic) bond motifs is 1. The van der Waals surface area contributed by atoms with Gasteiger partial charge in [-0.1, -0.05) is 11.6 Å². The number of nitrogens with zero attached hydrogens (tertiary/aromatic N) is 6. The molecule has 1 aliphatic heterocycles. The van der Waals surface area contributed by atoms with Crippen molar-refractivity contribution in [3.05, 3.63) is 34.6 Å². The molecule has 1 unspecified atom stereocenters. The Labute approximate surface area is 176 Å². The van der Waals surface area contributed by atoms with E-state index in [1.807, 2.05) is 44.9 Å². The number of aliphatic imine (C=N–C) groups is 1. The topological polar surface area (TPSA) is 63.3 Å². The van der Waals surface area contributed by atoms with Gasteiger partial charge in [-0.25, -0.2) is 0 Å². The van der Waals surface area contributed by atoms with Crippen molar-refractivity contribution < 1.29 is 0 Å². The molecule has 9 heteroatoms. The third-order valence-electron chi connectivity index (χ3n) is 4.83. The number of hydrogen-bond acceptors (Lipinski definition) is 3. The molecule has 2 aromatic heterocycles. The lowest BCUT2D eigenvalue weighted by molar-refractivity contribution is 0.352. The number of halogens is 2. The number of aromatic nitrogens is 4. The van der Waals surface area contributed by atoms with E-state index in [0.717, 1.165) is 60.8 Å². The highest BCUT2D eigenvalue weighted by atomic mass is 127. The quantitative estimate of drug-likeness (QED) is 0.405. The predicted octanol–water partition coefficient (Wildman–Crippen LogP) is 2.47. The van der Waals surface area contributed by atoms with Crippen molar-refractivity contribution in [2.45, 2.75) is 32.9 Å². The molecule has 3 heterocycles. The molecule has 2 aromatic rings. The van der Waals surface area contributed by atoms with E-state index in [0.29, 0.717) is 5.92 Å². The van der Waals surface area contributed by atoms with E-state index >= 15 is 0 Å². The van der Waals surface area contributed by atoms with Gasteiger partial charge in [-0.3, -0.25) is 4.99 Å². The molecule has 0 bridgehead atoms. The Morgan fingerprint density at radius 3 is 2.88 bits per heavy atom. The van der Waals surface area contributed by atoms with Crippen LogP contribution < -0.4 is 5.32 Å². The van der Waals surface area contributed by atoms with Gasteiger partial charge in [-0.15, -0.1) is 34.2 Å². The Balaban J connectivity index is 0.00000243. The van der Waals surface area contributed by atoms with Crippen LogP contribution >= 0.6 is 35.6 Å². The van der Waals surface area contributed by atoms with Crippen LogP contribution in [0.2, 0.25) is 5.02 Å². The summed E-state index contributed by atoms with van der Waals surface area (Å²) in [6.07, 6.45) is 4.03. The van der Waals surface area contributed by atoms with Crippen LogP contribution in [0.4, 0.5) is 0 Å². The normalized spacial score (nSPS) is 16.8. The predicted molar refractivity (Wildman–Crippen MR) is 115 cm³/mol. The second-order valence-corrected chi connectivity index (χ2v) is 7.16. The van der Waals surface area contributed by atoms with Crippen molar-refractivity contribution in [3.63, 3.8) is 0 Å². The number of hydrogen-bond donors (Lipinski definition) is 1. The highest BCUT2D eigenvalue weighted by Gasteiger charge is 2.22. The maximum Gasteiger partial charge on any atom is 0.193 e. The molecule has 0 aromatic carbocycles. The van der Waals surface area contributed by atoms with Crippen molar-refractivity contribution in [2.75, 3.05) is 20.6 Å². The highest BCUT2D eigenvalue weighted by molar-refractivity contribution is 14.0. The number of rotatable bonds is 4. The molecule has 1 N–H and O–H groups in total. The molecule has 0 aliphatic carbocycles. The van der Waals surface area contributed by atoms with Gasteiger partial charge >= 0.3 is 0 Å². The summed E-state index contributed by atoms with van der Waals surface area (Å²) in [4.78, 5) is 6.53. The van der Waals surface area contributed by atoms with Gasteiger partial charge in [0.15, 0.2) is 5.96 Å². The monoisotopic (exact) mass is 491 g/mol. The molecule has 7 nitrogen and oxygen atoms in total. The molecule has 0 fully saturated rings. The third kappa shape index (κ3) is 4.70. The Hall–Kier alpha value is -1.29. The molecule has 144 valence electrons. The number of guanidine groups is 1. The van der Waals surface area contributed by atoms with Gasteiger partial charge in [0.25, 0.3) is 0 Å². The first-order valence-corrected chi connectivity index (χ1v) is 8.97. The van der Waals surface area contributed by atoms with Crippen molar-refractivity contribution in [2.24, 2.45) is 18.0 Å². The minimum atomic E-state index is 0. The molecular weight excluding hydrogens is 465 g/mol. The van der Waals surface area contributed by atoms with Crippen molar-refractivity contribution in [1.82, 2.24) is 29.5 Å². The summed E-state index contributed by atoms with van der Waals surface area (Å²) >= 11 is 6.07. The summed E-state index contributed by atoms with van der Waals surface area (Å²) in [6, 6.07) is 1.99. The van der Waals surface area contributed by atoms with E-state index in [4.69, 9.17) is 11.6 Å². The average Bonchev–Trinajstić information content (AvgIpc) is 3.10. The summed E-state index contributed by atoms with van der Waals surface area (Å²) in [5, 5.41) is 12.7. The largest absolute Gasteiger partial charge is 0.356 e. The van der Waals surface area contributed by atoms with E-state index in [9.17, 15) is 0 Å². The standard InChI is InChI=1S/C17H26ClN7.HI/c1-12-21-22-16-6-5-13(9-25(12)16)8-20-17(19-2)24(4)11-15-7-14(18)10-23(15)3;/h7,10,13H,5-6,8-9,11H2,1-4H3,(H,19,20);1H. The fourth-order valence-corrected chi connectivity index (χ4v) is 3.63. The van der Waals surface area contributed by atoms with Gasteiger partial charge in [0, 0.05) is 52.5 Å². The highest BCUT2D eigenvalue weighted by Crippen LogP contribution is 2.19. The van der Waals surface area contributed by atoms with Crippen molar-refractivity contribution in [1.29, 1.82) is 0 Å². The second-order valence-electron chi connectivity index (χ2n) is 6.72. The molecule has 1 aliphatic rings. The van der Waals surface area contributed by atoms with Gasteiger partial charge in [0.2, 0.25) is 0 Å². The van der Waals surface area contributed by atoms with Crippen molar-refractivity contribution >= 4 is 41.5 Å². The van der Waals surface area contributed by atoms with E-state index in [-0.39, 0.29) is 24.0 Å². The van der Waals surface area contributed by atoms with Crippen LogP contribution in [0.5, 0.6) is 0 Å². The maximum absolute atomic E-state index is 6.07. The first kappa shape index (κ1) is 21.0. The Morgan fingerprint density at radius 2 is 2.23 bits per heavy atom. The van der Waals surface area contributed by atoms with E-state index in [1.54, 1.807) is 0 Å². The number of aryl methyl sites for hydroxylation is 3. The zero-order valence-corrected chi connectivity index (χ0v) is 18.8. The van der Waals surface area contributed by atoms with Gasteiger partial charge < -0.3 is 19.4 Å². The lowest BCUT2D eigenvalue weighted by Gasteiger charge is -2.27. The molecule has 0 amide bonds. The SMILES string of the molecule is CN=C(NCC1CCc2nnc(C)n2C1)N(C)Cc1cc(Cl)cn1C.I. The number of nitrogens with one attached hydrogen (secondary N) is 1. The molecule has 3 rings (SSSR count). The third-order valence-corrected chi connectivity index (χ3v) is 5.03. The van der Waals surface area contributed by atoms with Gasteiger partial charge in [-0.2, -0.15) is 0 Å². The second kappa shape index (κ2) is 9.07.